The molecule has 0 fully saturated rings. The van der Waals surface area contributed by atoms with Gasteiger partial charge in [0.15, 0.2) is 0 Å². The van der Waals surface area contributed by atoms with Crippen molar-refractivity contribution in [3.8, 4) is 0 Å². The summed E-state index contributed by atoms with van der Waals surface area (Å²) >= 11 is 0. The highest BCUT2D eigenvalue weighted by atomic mass is 19.4. The minimum absolute atomic E-state index is 0.103. The summed E-state index contributed by atoms with van der Waals surface area (Å²) in [6, 6.07) is 0. The van der Waals surface area contributed by atoms with Gasteiger partial charge in [0.25, 0.3) is 0 Å². The molecule has 0 aliphatic carbocycles. The van der Waals surface area contributed by atoms with Crippen molar-refractivity contribution in [3.63, 3.8) is 0 Å². The highest BCUT2D eigenvalue weighted by Crippen LogP contribution is 2.21. The molecule has 0 amide bonds. The minimum atomic E-state index is -4.08. The molecule has 0 saturated heterocycles. The highest BCUT2D eigenvalue weighted by molar-refractivity contribution is 4.74. The molecule has 0 radical (unpaired) electrons. The van der Waals surface area contributed by atoms with E-state index in [-0.39, 0.29) is 19.6 Å². The van der Waals surface area contributed by atoms with E-state index in [1.807, 2.05) is 0 Å². The van der Waals surface area contributed by atoms with Crippen LogP contribution in [0.2, 0.25) is 0 Å². The van der Waals surface area contributed by atoms with Crippen molar-refractivity contribution in [2.45, 2.75) is 32.4 Å². The number of aliphatic hydroxyl groups excluding tert-OH is 2. The fourth-order valence-electron chi connectivity index (χ4n) is 1.13. The molecule has 0 aliphatic heterocycles. The molecule has 0 aliphatic rings. The number of halogens is 3. The van der Waals surface area contributed by atoms with Gasteiger partial charge in [-0.15, -0.1) is 0 Å². The van der Waals surface area contributed by atoms with Crippen LogP contribution in [0, 0.1) is 5.41 Å². The van der Waals surface area contributed by atoms with E-state index in [9.17, 15) is 13.2 Å². The second kappa shape index (κ2) is 7.09. The van der Waals surface area contributed by atoms with Crippen molar-refractivity contribution in [2.75, 3.05) is 26.3 Å². The lowest BCUT2D eigenvalue weighted by Crippen LogP contribution is -2.38. The summed E-state index contributed by atoms with van der Waals surface area (Å²) in [5.74, 6) is 0. The Hall–Kier alpha value is -0.330. The molecule has 0 aromatic rings. The van der Waals surface area contributed by atoms with Gasteiger partial charge in [0, 0.05) is 18.4 Å². The van der Waals surface area contributed by atoms with Crippen molar-refractivity contribution in [3.05, 3.63) is 0 Å². The average Bonchev–Trinajstić information content (AvgIpc) is 2.21. The molecule has 0 bridgehead atoms. The van der Waals surface area contributed by atoms with E-state index in [1.54, 1.807) is 6.92 Å². The van der Waals surface area contributed by atoms with Crippen molar-refractivity contribution in [2.24, 2.45) is 5.41 Å². The second-order valence-electron chi connectivity index (χ2n) is 4.38. The number of alkyl halides is 3. The van der Waals surface area contributed by atoms with Crippen LogP contribution >= 0.6 is 0 Å². The molecule has 16 heavy (non-hydrogen) atoms. The van der Waals surface area contributed by atoms with E-state index in [4.69, 9.17) is 10.2 Å². The van der Waals surface area contributed by atoms with Gasteiger partial charge in [-0.1, -0.05) is 6.92 Å². The molecule has 0 saturated carbocycles. The Morgan fingerprint density at radius 3 is 2.06 bits per heavy atom. The Labute approximate surface area is 93.7 Å². The summed E-state index contributed by atoms with van der Waals surface area (Å²) in [4.78, 5) is 0. The molecule has 3 nitrogen and oxygen atoms in total. The number of unbranched alkanes of at least 4 members (excludes halogenated alkanes) is 1. The van der Waals surface area contributed by atoms with Gasteiger partial charge in [-0.2, -0.15) is 13.2 Å². The number of hydrogen-bond donors (Lipinski definition) is 3. The number of nitrogens with one attached hydrogen (secondary N) is 1. The lowest BCUT2D eigenvalue weighted by molar-refractivity contribution is -0.135. The molecule has 0 heterocycles. The zero-order valence-electron chi connectivity index (χ0n) is 9.48. The maximum Gasteiger partial charge on any atom is 0.389 e. The van der Waals surface area contributed by atoms with Gasteiger partial charge in [0.05, 0.1) is 13.2 Å². The number of aliphatic hydroxyl groups is 2. The van der Waals surface area contributed by atoms with Gasteiger partial charge in [0.2, 0.25) is 0 Å². The van der Waals surface area contributed by atoms with Gasteiger partial charge in [-0.3, -0.25) is 0 Å². The van der Waals surface area contributed by atoms with Crippen LogP contribution in [0.4, 0.5) is 13.2 Å². The Morgan fingerprint density at radius 2 is 1.62 bits per heavy atom. The van der Waals surface area contributed by atoms with Crippen LogP contribution in [-0.4, -0.2) is 42.7 Å². The van der Waals surface area contributed by atoms with Crippen LogP contribution in [0.15, 0.2) is 0 Å². The van der Waals surface area contributed by atoms with Crippen molar-refractivity contribution in [1.29, 1.82) is 0 Å². The fraction of sp³-hybridized carbons (Fsp3) is 1.00. The highest BCUT2D eigenvalue weighted by Gasteiger charge is 2.26. The van der Waals surface area contributed by atoms with E-state index >= 15 is 0 Å². The standard InChI is InChI=1S/C10H20F3NO2/c1-9(7-15,8-16)6-14-5-3-2-4-10(11,12)13/h14-16H,2-8H2,1H3. The van der Waals surface area contributed by atoms with Crippen LogP contribution in [0.25, 0.3) is 0 Å². The predicted octanol–water partition coefficient (Wildman–Crippen LogP) is 1.30. The van der Waals surface area contributed by atoms with E-state index in [2.05, 4.69) is 5.32 Å². The van der Waals surface area contributed by atoms with E-state index in [0.29, 0.717) is 19.5 Å². The van der Waals surface area contributed by atoms with Crippen LogP contribution in [-0.2, 0) is 0 Å². The number of hydrogen-bond acceptors (Lipinski definition) is 3. The molecule has 0 rings (SSSR count). The fourth-order valence-corrected chi connectivity index (χ4v) is 1.13. The molecule has 0 atom stereocenters. The third kappa shape index (κ3) is 7.90. The van der Waals surface area contributed by atoms with Crippen LogP contribution in [0.1, 0.15) is 26.2 Å². The monoisotopic (exact) mass is 243 g/mol. The van der Waals surface area contributed by atoms with Crippen molar-refractivity contribution < 1.29 is 23.4 Å². The zero-order valence-corrected chi connectivity index (χ0v) is 9.48. The molecule has 0 spiro atoms. The average molecular weight is 243 g/mol. The third-order valence-corrected chi connectivity index (χ3v) is 2.38. The maximum absolute atomic E-state index is 11.8. The first-order valence-corrected chi connectivity index (χ1v) is 5.32. The molecular weight excluding hydrogens is 223 g/mol. The van der Waals surface area contributed by atoms with Gasteiger partial charge in [0.1, 0.15) is 0 Å². The number of rotatable bonds is 8. The maximum atomic E-state index is 11.8. The van der Waals surface area contributed by atoms with E-state index < -0.39 is 18.0 Å². The lowest BCUT2D eigenvalue weighted by atomic mass is 9.93. The summed E-state index contributed by atoms with van der Waals surface area (Å²) in [5.41, 5.74) is -0.607. The lowest BCUT2D eigenvalue weighted by Gasteiger charge is -2.24. The normalized spacial score (nSPS) is 13.1. The van der Waals surface area contributed by atoms with Crippen LogP contribution < -0.4 is 5.32 Å². The van der Waals surface area contributed by atoms with E-state index in [1.165, 1.54) is 0 Å². The largest absolute Gasteiger partial charge is 0.396 e. The quantitative estimate of drug-likeness (QED) is 0.563. The summed E-state index contributed by atoms with van der Waals surface area (Å²) in [6.07, 6.45) is -4.30. The minimum Gasteiger partial charge on any atom is -0.396 e. The summed E-state index contributed by atoms with van der Waals surface area (Å²) in [5, 5.41) is 20.8. The first kappa shape index (κ1) is 15.7. The SMILES string of the molecule is CC(CO)(CO)CNCCCCC(F)(F)F. The summed E-state index contributed by atoms with van der Waals surface area (Å²) < 4.78 is 35.3. The van der Waals surface area contributed by atoms with Crippen LogP contribution in [0.3, 0.4) is 0 Å². The molecule has 0 aromatic carbocycles. The molecule has 0 unspecified atom stereocenters. The Bertz CT molecular complexity index is 181. The van der Waals surface area contributed by atoms with Gasteiger partial charge in [-0.05, 0) is 19.4 Å². The van der Waals surface area contributed by atoms with Gasteiger partial charge < -0.3 is 15.5 Å². The van der Waals surface area contributed by atoms with Crippen molar-refractivity contribution >= 4 is 0 Å². The van der Waals surface area contributed by atoms with Crippen LogP contribution in [0.5, 0.6) is 0 Å². The van der Waals surface area contributed by atoms with Crippen molar-refractivity contribution in [1.82, 2.24) is 5.32 Å². The van der Waals surface area contributed by atoms with E-state index in [0.717, 1.165) is 0 Å². The Morgan fingerprint density at radius 1 is 1.06 bits per heavy atom. The molecule has 98 valence electrons. The summed E-state index contributed by atoms with van der Waals surface area (Å²) in [6.45, 7) is 2.26. The molecule has 3 N–H and O–H groups in total. The smallest absolute Gasteiger partial charge is 0.389 e. The second-order valence-corrected chi connectivity index (χ2v) is 4.38. The molecule has 0 aromatic heterocycles. The van der Waals surface area contributed by atoms with Gasteiger partial charge >= 0.3 is 6.18 Å². The third-order valence-electron chi connectivity index (χ3n) is 2.38. The van der Waals surface area contributed by atoms with Gasteiger partial charge in [-0.25, -0.2) is 0 Å². The first-order valence-electron chi connectivity index (χ1n) is 5.32. The molecule has 6 heteroatoms. The first-order chi connectivity index (χ1) is 7.33. The Kier molecular flexibility index (Phi) is 6.94. The molecular formula is C10H20F3NO2. The Balaban J connectivity index is 3.47. The predicted molar refractivity (Wildman–Crippen MR) is 55.1 cm³/mol. The summed E-state index contributed by atoms with van der Waals surface area (Å²) in [7, 11) is 0. The zero-order chi connectivity index (χ0) is 12.7. The topological polar surface area (TPSA) is 52.5 Å².